The summed E-state index contributed by atoms with van der Waals surface area (Å²) in [5.74, 6) is 0.0706. The van der Waals surface area contributed by atoms with E-state index in [1.807, 2.05) is 6.92 Å². The maximum atomic E-state index is 10.9. The number of methoxy groups -OCH3 is 1. The van der Waals surface area contributed by atoms with Gasteiger partial charge in [-0.1, -0.05) is 13.3 Å². The van der Waals surface area contributed by atoms with Gasteiger partial charge in [-0.25, -0.2) is 0 Å². The third-order valence-electron chi connectivity index (χ3n) is 1.48. The zero-order valence-corrected chi connectivity index (χ0v) is 7.17. The van der Waals surface area contributed by atoms with Gasteiger partial charge >= 0.3 is 0 Å². The molecule has 11 heavy (non-hydrogen) atoms. The van der Waals surface area contributed by atoms with E-state index in [1.54, 1.807) is 0 Å². The standard InChI is InChI=1S/C8H16O3/c1-3-4-5-7(9)6-8(10)11-2/h8,10H,3-6H2,1-2H3. The van der Waals surface area contributed by atoms with E-state index >= 15 is 0 Å². The summed E-state index contributed by atoms with van der Waals surface area (Å²) in [5.41, 5.74) is 0. The summed E-state index contributed by atoms with van der Waals surface area (Å²) in [7, 11) is 1.39. The minimum atomic E-state index is -0.917. The molecule has 0 saturated carbocycles. The van der Waals surface area contributed by atoms with Gasteiger partial charge in [0.05, 0.1) is 6.42 Å². The molecule has 3 heteroatoms. The van der Waals surface area contributed by atoms with Gasteiger partial charge in [-0.05, 0) is 6.42 Å². The predicted molar refractivity (Wildman–Crippen MR) is 42.2 cm³/mol. The highest BCUT2D eigenvalue weighted by Crippen LogP contribution is 2.01. The number of aliphatic hydroxyl groups excluding tert-OH is 1. The first-order valence-electron chi connectivity index (χ1n) is 3.93. The summed E-state index contributed by atoms with van der Waals surface area (Å²) in [4.78, 5) is 10.9. The summed E-state index contributed by atoms with van der Waals surface area (Å²) < 4.78 is 4.54. The van der Waals surface area contributed by atoms with E-state index in [4.69, 9.17) is 5.11 Å². The van der Waals surface area contributed by atoms with Crippen LogP contribution in [0.4, 0.5) is 0 Å². The zero-order valence-electron chi connectivity index (χ0n) is 7.17. The molecule has 0 fully saturated rings. The van der Waals surface area contributed by atoms with E-state index in [0.29, 0.717) is 6.42 Å². The number of carbonyl (C=O) groups excluding carboxylic acids is 1. The van der Waals surface area contributed by atoms with Crippen molar-refractivity contribution in [2.45, 2.75) is 38.9 Å². The molecule has 1 N–H and O–H groups in total. The Morgan fingerprint density at radius 3 is 2.73 bits per heavy atom. The highest BCUT2D eigenvalue weighted by atomic mass is 16.6. The van der Waals surface area contributed by atoms with Gasteiger partial charge in [-0.15, -0.1) is 0 Å². The fraction of sp³-hybridized carbons (Fsp3) is 0.875. The van der Waals surface area contributed by atoms with Crippen molar-refractivity contribution in [3.8, 4) is 0 Å². The fourth-order valence-electron chi connectivity index (χ4n) is 0.754. The Bertz CT molecular complexity index is 112. The van der Waals surface area contributed by atoms with Crippen molar-refractivity contribution < 1.29 is 14.6 Å². The number of carbonyl (C=O) groups is 1. The van der Waals surface area contributed by atoms with Gasteiger partial charge in [-0.2, -0.15) is 0 Å². The molecular formula is C8H16O3. The predicted octanol–water partition coefficient (Wildman–Crippen LogP) is 1.10. The Kier molecular flexibility index (Phi) is 6.07. The molecule has 0 spiro atoms. The molecule has 66 valence electrons. The molecule has 0 aliphatic carbocycles. The van der Waals surface area contributed by atoms with Crippen LogP contribution in [0.3, 0.4) is 0 Å². The molecule has 0 aromatic carbocycles. The van der Waals surface area contributed by atoms with Gasteiger partial charge in [0, 0.05) is 13.5 Å². The van der Waals surface area contributed by atoms with Crippen LogP contribution in [-0.4, -0.2) is 24.3 Å². The smallest absolute Gasteiger partial charge is 0.161 e. The average Bonchev–Trinajstić information content (AvgIpc) is 2.00. The Hall–Kier alpha value is -0.410. The van der Waals surface area contributed by atoms with E-state index in [1.165, 1.54) is 7.11 Å². The fourth-order valence-corrected chi connectivity index (χ4v) is 0.754. The lowest BCUT2D eigenvalue weighted by molar-refractivity contribution is -0.131. The Morgan fingerprint density at radius 2 is 2.27 bits per heavy atom. The number of rotatable bonds is 6. The lowest BCUT2D eigenvalue weighted by Crippen LogP contribution is -2.14. The van der Waals surface area contributed by atoms with Gasteiger partial charge < -0.3 is 9.84 Å². The van der Waals surface area contributed by atoms with E-state index in [2.05, 4.69) is 4.74 Å². The molecule has 0 aromatic heterocycles. The molecule has 0 amide bonds. The van der Waals surface area contributed by atoms with Crippen molar-refractivity contribution in [2.75, 3.05) is 7.11 Å². The van der Waals surface area contributed by atoms with Gasteiger partial charge in [0.25, 0.3) is 0 Å². The monoisotopic (exact) mass is 160 g/mol. The van der Waals surface area contributed by atoms with E-state index in [9.17, 15) is 4.79 Å². The number of hydrogen-bond donors (Lipinski definition) is 1. The maximum absolute atomic E-state index is 10.9. The van der Waals surface area contributed by atoms with Crippen molar-refractivity contribution in [3.05, 3.63) is 0 Å². The summed E-state index contributed by atoms with van der Waals surface area (Å²) in [6, 6.07) is 0. The van der Waals surface area contributed by atoms with Gasteiger partial charge in [-0.3, -0.25) is 4.79 Å². The zero-order chi connectivity index (χ0) is 8.69. The van der Waals surface area contributed by atoms with Gasteiger partial charge in [0.1, 0.15) is 5.78 Å². The largest absolute Gasteiger partial charge is 0.368 e. The molecule has 0 rings (SSSR count). The lowest BCUT2D eigenvalue weighted by Gasteiger charge is -2.05. The molecule has 0 radical (unpaired) electrons. The normalized spacial score (nSPS) is 13.0. The van der Waals surface area contributed by atoms with Crippen molar-refractivity contribution in [3.63, 3.8) is 0 Å². The second-order valence-corrected chi connectivity index (χ2v) is 2.54. The van der Waals surface area contributed by atoms with Gasteiger partial charge in [0.15, 0.2) is 6.29 Å². The minimum Gasteiger partial charge on any atom is -0.368 e. The van der Waals surface area contributed by atoms with E-state index in [0.717, 1.165) is 12.8 Å². The summed E-state index contributed by atoms with van der Waals surface area (Å²) >= 11 is 0. The number of hydrogen-bond acceptors (Lipinski definition) is 3. The summed E-state index contributed by atoms with van der Waals surface area (Å²) in [6.07, 6.45) is 1.66. The quantitative estimate of drug-likeness (QED) is 0.592. The van der Waals surface area contributed by atoms with Crippen LogP contribution in [0.15, 0.2) is 0 Å². The second-order valence-electron chi connectivity index (χ2n) is 2.54. The molecule has 0 aliphatic rings. The molecule has 0 saturated heterocycles. The number of Topliss-reactive ketones (excluding diaryl/α,β-unsaturated/α-hetero) is 1. The van der Waals surface area contributed by atoms with Crippen LogP contribution in [0.25, 0.3) is 0 Å². The molecule has 0 aromatic rings. The van der Waals surface area contributed by atoms with Crippen LogP contribution in [0, 0.1) is 0 Å². The second kappa shape index (κ2) is 6.31. The molecule has 0 aliphatic heterocycles. The minimum absolute atomic E-state index is 0.0706. The molecule has 1 atom stereocenters. The van der Waals surface area contributed by atoms with Crippen LogP contribution in [-0.2, 0) is 9.53 Å². The van der Waals surface area contributed by atoms with Crippen molar-refractivity contribution in [1.82, 2.24) is 0 Å². The lowest BCUT2D eigenvalue weighted by atomic mass is 10.1. The summed E-state index contributed by atoms with van der Waals surface area (Å²) in [5, 5.41) is 8.88. The van der Waals surface area contributed by atoms with Crippen molar-refractivity contribution in [1.29, 1.82) is 0 Å². The third kappa shape index (κ3) is 6.01. The maximum Gasteiger partial charge on any atom is 0.161 e. The number of aliphatic hydroxyl groups is 1. The van der Waals surface area contributed by atoms with Crippen LogP contribution >= 0.6 is 0 Å². The van der Waals surface area contributed by atoms with Crippen LogP contribution < -0.4 is 0 Å². The number of ether oxygens (including phenoxy) is 1. The Labute approximate surface area is 67.4 Å². The Balaban J connectivity index is 3.36. The first kappa shape index (κ1) is 10.6. The molecule has 0 heterocycles. The number of ketones is 1. The SMILES string of the molecule is CCCCC(=O)CC(O)OC. The molecular weight excluding hydrogens is 144 g/mol. The first-order chi connectivity index (χ1) is 5.20. The van der Waals surface area contributed by atoms with Crippen LogP contribution in [0.1, 0.15) is 32.6 Å². The summed E-state index contributed by atoms with van der Waals surface area (Å²) in [6.45, 7) is 2.03. The van der Waals surface area contributed by atoms with Crippen molar-refractivity contribution >= 4 is 5.78 Å². The van der Waals surface area contributed by atoms with Crippen LogP contribution in [0.2, 0.25) is 0 Å². The number of unbranched alkanes of at least 4 members (excludes halogenated alkanes) is 1. The first-order valence-corrected chi connectivity index (χ1v) is 3.93. The average molecular weight is 160 g/mol. The Morgan fingerprint density at radius 1 is 1.64 bits per heavy atom. The molecule has 1 unspecified atom stereocenters. The van der Waals surface area contributed by atoms with Gasteiger partial charge in [0.2, 0.25) is 0 Å². The highest BCUT2D eigenvalue weighted by Gasteiger charge is 2.07. The molecule has 0 bridgehead atoms. The van der Waals surface area contributed by atoms with E-state index in [-0.39, 0.29) is 12.2 Å². The van der Waals surface area contributed by atoms with Crippen LogP contribution in [0.5, 0.6) is 0 Å². The molecule has 3 nitrogen and oxygen atoms in total. The topological polar surface area (TPSA) is 46.5 Å². The van der Waals surface area contributed by atoms with E-state index < -0.39 is 6.29 Å². The highest BCUT2D eigenvalue weighted by molar-refractivity contribution is 5.78. The van der Waals surface area contributed by atoms with Crippen molar-refractivity contribution in [2.24, 2.45) is 0 Å². The third-order valence-corrected chi connectivity index (χ3v) is 1.48.